The number of amides is 1. The molecule has 21 heavy (non-hydrogen) atoms. The van der Waals surface area contributed by atoms with Crippen LogP contribution in [0.2, 0.25) is 0 Å². The lowest BCUT2D eigenvalue weighted by molar-refractivity contribution is -0.134. The van der Waals surface area contributed by atoms with E-state index in [1.807, 2.05) is 19.4 Å². The number of hydrogen-bond donors (Lipinski definition) is 2. The molecule has 1 aromatic heterocycles. The summed E-state index contributed by atoms with van der Waals surface area (Å²) < 4.78 is 7.24. The normalized spacial score (nSPS) is 22.8. The smallest absolute Gasteiger partial charge is 0.239 e. The van der Waals surface area contributed by atoms with Crippen LogP contribution in [0.15, 0.2) is 12.4 Å². The lowest BCUT2D eigenvalue weighted by atomic mass is 9.96. The van der Waals surface area contributed by atoms with Crippen LogP contribution < -0.4 is 11.1 Å². The minimum absolute atomic E-state index is 0.0325. The Hall–Kier alpha value is -1.44. The van der Waals surface area contributed by atoms with Gasteiger partial charge >= 0.3 is 0 Å². The van der Waals surface area contributed by atoms with Crippen molar-refractivity contribution in [3.05, 3.63) is 18.0 Å². The van der Waals surface area contributed by atoms with Gasteiger partial charge in [-0.15, -0.1) is 0 Å². The fraction of sp³-hybridized carbons (Fsp3) is 0.714. The van der Waals surface area contributed by atoms with Crippen molar-refractivity contribution in [2.24, 2.45) is 12.8 Å². The number of nitrogens with zero attached hydrogens (tertiary/aromatic N) is 3. The molecule has 0 spiro atoms. The molecule has 0 aliphatic carbocycles. The number of nitrogens with two attached hydrogens (primary N) is 1. The quantitative estimate of drug-likeness (QED) is 0.775. The van der Waals surface area contributed by atoms with Crippen LogP contribution in [0.1, 0.15) is 24.9 Å². The lowest BCUT2D eigenvalue weighted by Crippen LogP contribution is -2.57. The second-order valence-electron chi connectivity index (χ2n) is 5.41. The Bertz CT molecular complexity index is 476. The van der Waals surface area contributed by atoms with E-state index in [1.54, 1.807) is 11.7 Å². The van der Waals surface area contributed by atoms with Gasteiger partial charge < -0.3 is 15.8 Å². The van der Waals surface area contributed by atoms with Crippen LogP contribution in [-0.2, 0) is 16.6 Å². The summed E-state index contributed by atoms with van der Waals surface area (Å²) in [6.07, 6.45) is 4.63. The molecule has 0 aromatic carbocycles. The number of hydrogen-bond acceptors (Lipinski definition) is 5. The molecule has 2 heterocycles. The molecule has 0 saturated carbocycles. The first-order chi connectivity index (χ1) is 10.1. The number of rotatable bonds is 5. The van der Waals surface area contributed by atoms with Crippen molar-refractivity contribution in [1.29, 1.82) is 0 Å². The average Bonchev–Trinajstić information content (AvgIpc) is 2.93. The van der Waals surface area contributed by atoms with Gasteiger partial charge in [0.05, 0.1) is 25.5 Å². The Labute approximate surface area is 125 Å². The molecular weight excluding hydrogens is 270 g/mol. The molecule has 0 radical (unpaired) electrons. The fourth-order valence-electron chi connectivity index (χ4n) is 2.84. The van der Waals surface area contributed by atoms with Gasteiger partial charge in [-0.1, -0.05) is 6.92 Å². The minimum atomic E-state index is -0.313. The molecule has 2 rings (SSSR count). The summed E-state index contributed by atoms with van der Waals surface area (Å²) in [5.41, 5.74) is 7.39. The molecule has 1 aliphatic heterocycles. The van der Waals surface area contributed by atoms with Crippen molar-refractivity contribution in [3.8, 4) is 0 Å². The van der Waals surface area contributed by atoms with E-state index in [0.29, 0.717) is 19.8 Å². The van der Waals surface area contributed by atoms with E-state index in [1.165, 1.54) is 0 Å². The van der Waals surface area contributed by atoms with Crippen molar-refractivity contribution in [3.63, 3.8) is 0 Å². The summed E-state index contributed by atoms with van der Waals surface area (Å²) >= 11 is 0. The number of carbonyl (C=O) groups excluding carboxylic acids is 1. The third-order valence-corrected chi connectivity index (χ3v) is 4.02. The first-order valence-corrected chi connectivity index (χ1v) is 7.37. The molecule has 7 nitrogen and oxygen atoms in total. The predicted molar refractivity (Wildman–Crippen MR) is 79.6 cm³/mol. The highest BCUT2D eigenvalue weighted by molar-refractivity contribution is 5.81. The number of carbonyl (C=O) groups is 1. The molecule has 3 N–H and O–H groups in total. The number of ether oxygens (including phenoxy) is 1. The van der Waals surface area contributed by atoms with E-state index < -0.39 is 0 Å². The van der Waals surface area contributed by atoms with Gasteiger partial charge in [0, 0.05) is 38.4 Å². The summed E-state index contributed by atoms with van der Waals surface area (Å²) in [5.74, 6) is -0.0353. The van der Waals surface area contributed by atoms with Gasteiger partial charge in [-0.2, -0.15) is 5.10 Å². The van der Waals surface area contributed by atoms with Crippen LogP contribution in [0.3, 0.4) is 0 Å². The molecule has 118 valence electrons. The van der Waals surface area contributed by atoms with Gasteiger partial charge in [0.15, 0.2) is 0 Å². The van der Waals surface area contributed by atoms with Crippen LogP contribution in [0.5, 0.6) is 0 Å². The highest BCUT2D eigenvalue weighted by Crippen LogP contribution is 2.28. The highest BCUT2D eigenvalue weighted by Gasteiger charge is 2.37. The molecule has 1 aromatic rings. The van der Waals surface area contributed by atoms with Crippen LogP contribution in [0, 0.1) is 0 Å². The van der Waals surface area contributed by atoms with Gasteiger partial charge in [-0.3, -0.25) is 14.4 Å². The molecule has 1 amide bonds. The van der Waals surface area contributed by atoms with E-state index in [9.17, 15) is 4.79 Å². The second kappa shape index (κ2) is 7.02. The second-order valence-corrected chi connectivity index (χ2v) is 5.41. The van der Waals surface area contributed by atoms with Crippen molar-refractivity contribution >= 4 is 5.91 Å². The van der Waals surface area contributed by atoms with Crippen molar-refractivity contribution in [2.45, 2.75) is 31.5 Å². The van der Waals surface area contributed by atoms with Crippen LogP contribution in [-0.4, -0.2) is 59.5 Å². The Morgan fingerprint density at radius 2 is 2.43 bits per heavy atom. The van der Waals surface area contributed by atoms with Crippen LogP contribution in [0.25, 0.3) is 0 Å². The first kappa shape index (κ1) is 15.9. The fourth-order valence-corrected chi connectivity index (χ4v) is 2.84. The number of aromatic nitrogens is 2. The molecule has 1 fully saturated rings. The zero-order chi connectivity index (χ0) is 15.4. The summed E-state index contributed by atoms with van der Waals surface area (Å²) in [6, 6.07) is -0.402. The van der Waals surface area contributed by atoms with E-state index in [2.05, 4.69) is 22.2 Å². The number of nitrogens with one attached hydrogen (secondary N) is 1. The van der Waals surface area contributed by atoms with Crippen molar-refractivity contribution in [1.82, 2.24) is 20.0 Å². The largest absolute Gasteiger partial charge is 0.378 e. The Morgan fingerprint density at radius 1 is 1.67 bits per heavy atom. The van der Waals surface area contributed by atoms with Gasteiger partial charge in [-0.05, 0) is 6.42 Å². The molecule has 1 aliphatic rings. The summed E-state index contributed by atoms with van der Waals surface area (Å²) in [6.45, 7) is 3.75. The average molecular weight is 295 g/mol. The van der Waals surface area contributed by atoms with Crippen LogP contribution >= 0.6 is 0 Å². The van der Waals surface area contributed by atoms with Crippen molar-refractivity contribution in [2.75, 3.05) is 26.8 Å². The molecule has 1 saturated heterocycles. The first-order valence-electron chi connectivity index (χ1n) is 7.37. The molecule has 3 atom stereocenters. The number of likely N-dealkylation sites (N-methyl/N-ethyl adjacent to an activating group) is 1. The maximum atomic E-state index is 12.1. The molecule has 0 bridgehead atoms. The third-order valence-electron chi connectivity index (χ3n) is 4.02. The Kier molecular flexibility index (Phi) is 5.33. The maximum absolute atomic E-state index is 12.1. The standard InChI is InChI=1S/C14H25N5O2/c1-4-11(15)13(10-7-17-18(3)8-10)19-5-6-21-9-12(19)14(20)16-2/h7-8,11-13H,4-6,9,15H2,1-3H3,(H,16,20). The zero-order valence-corrected chi connectivity index (χ0v) is 13.0. The SMILES string of the molecule is CCC(N)C(c1cnn(C)c1)N1CCOCC1C(=O)NC. The molecule has 3 unspecified atom stereocenters. The third kappa shape index (κ3) is 3.42. The summed E-state index contributed by atoms with van der Waals surface area (Å²) in [7, 11) is 3.53. The Balaban J connectivity index is 2.31. The maximum Gasteiger partial charge on any atom is 0.239 e. The summed E-state index contributed by atoms with van der Waals surface area (Å²) in [4.78, 5) is 14.3. The van der Waals surface area contributed by atoms with E-state index in [0.717, 1.165) is 12.0 Å². The van der Waals surface area contributed by atoms with Gasteiger partial charge in [0.25, 0.3) is 0 Å². The van der Waals surface area contributed by atoms with E-state index in [4.69, 9.17) is 10.5 Å². The minimum Gasteiger partial charge on any atom is -0.378 e. The van der Waals surface area contributed by atoms with Crippen LogP contribution in [0.4, 0.5) is 0 Å². The van der Waals surface area contributed by atoms with Crippen molar-refractivity contribution < 1.29 is 9.53 Å². The highest BCUT2D eigenvalue weighted by atomic mass is 16.5. The van der Waals surface area contributed by atoms with Gasteiger partial charge in [0.1, 0.15) is 6.04 Å². The van der Waals surface area contributed by atoms with Gasteiger partial charge in [0.2, 0.25) is 5.91 Å². The monoisotopic (exact) mass is 295 g/mol. The molecule has 7 heteroatoms. The van der Waals surface area contributed by atoms with Gasteiger partial charge in [-0.25, -0.2) is 0 Å². The summed E-state index contributed by atoms with van der Waals surface area (Å²) in [5, 5.41) is 6.95. The van der Waals surface area contributed by atoms with E-state index in [-0.39, 0.29) is 24.0 Å². The molecular formula is C14H25N5O2. The predicted octanol–water partition coefficient (Wildman–Crippen LogP) is -0.355. The lowest BCUT2D eigenvalue weighted by Gasteiger charge is -2.41. The zero-order valence-electron chi connectivity index (χ0n) is 13.0. The topological polar surface area (TPSA) is 85.4 Å². The number of aryl methyl sites for hydroxylation is 1. The number of morpholine rings is 1. The van der Waals surface area contributed by atoms with E-state index >= 15 is 0 Å². The Morgan fingerprint density at radius 3 is 3.00 bits per heavy atom.